The Labute approximate surface area is 99.6 Å². The van der Waals surface area contributed by atoms with Crippen LogP contribution in [0.25, 0.3) is 0 Å². The van der Waals surface area contributed by atoms with Gasteiger partial charge >= 0.3 is 5.97 Å². The Morgan fingerprint density at radius 1 is 1.35 bits per heavy atom. The molecule has 1 rings (SSSR count). The van der Waals surface area contributed by atoms with Crippen LogP contribution in [-0.4, -0.2) is 30.6 Å². The average Bonchev–Trinajstić information content (AvgIpc) is 2.34. The van der Waals surface area contributed by atoms with Gasteiger partial charge in [-0.2, -0.15) is 0 Å². The van der Waals surface area contributed by atoms with Gasteiger partial charge in [-0.15, -0.1) is 0 Å². The fraction of sp³-hybridized carbons (Fsp3) is 0.333. The van der Waals surface area contributed by atoms with Crippen molar-refractivity contribution in [3.63, 3.8) is 0 Å². The van der Waals surface area contributed by atoms with Crippen molar-refractivity contribution in [2.75, 3.05) is 18.6 Å². The number of benzene rings is 1. The van der Waals surface area contributed by atoms with Crippen molar-refractivity contribution in [1.82, 2.24) is 0 Å². The van der Waals surface area contributed by atoms with E-state index in [2.05, 4.69) is 0 Å². The topological polar surface area (TPSA) is 66.8 Å². The molecule has 0 bridgehead atoms. The van der Waals surface area contributed by atoms with Crippen LogP contribution >= 0.6 is 0 Å². The largest absolute Gasteiger partial charge is 0.495 e. The number of carboxylic acid groups (broad SMARTS) is 1. The Hall–Kier alpha value is -2.04. The SMILES string of the molecule is CCC(=O)N(CC(=O)O)c1ccccc1OC. The minimum Gasteiger partial charge on any atom is -0.495 e. The zero-order chi connectivity index (χ0) is 12.8. The molecular weight excluding hydrogens is 222 g/mol. The predicted octanol–water partition coefficient (Wildman–Crippen LogP) is 1.52. The molecule has 0 aliphatic heterocycles. The molecule has 1 amide bonds. The molecule has 1 aromatic rings. The van der Waals surface area contributed by atoms with Gasteiger partial charge in [0.25, 0.3) is 0 Å². The third kappa shape index (κ3) is 3.21. The van der Waals surface area contributed by atoms with Crippen LogP contribution in [0.15, 0.2) is 24.3 Å². The van der Waals surface area contributed by atoms with Gasteiger partial charge < -0.3 is 9.84 Å². The van der Waals surface area contributed by atoms with Crippen LogP contribution in [0.2, 0.25) is 0 Å². The first-order valence-electron chi connectivity index (χ1n) is 5.25. The molecule has 0 aliphatic carbocycles. The Kier molecular flexibility index (Phi) is 4.51. The Bertz CT molecular complexity index is 417. The fourth-order valence-electron chi connectivity index (χ4n) is 1.49. The summed E-state index contributed by atoms with van der Waals surface area (Å²) >= 11 is 0. The molecule has 0 atom stereocenters. The zero-order valence-electron chi connectivity index (χ0n) is 9.84. The fourth-order valence-corrected chi connectivity index (χ4v) is 1.49. The van der Waals surface area contributed by atoms with Crippen molar-refractivity contribution in [3.8, 4) is 5.75 Å². The second kappa shape index (κ2) is 5.89. The van der Waals surface area contributed by atoms with Gasteiger partial charge in [0.2, 0.25) is 5.91 Å². The van der Waals surface area contributed by atoms with Crippen LogP contribution in [0.3, 0.4) is 0 Å². The van der Waals surface area contributed by atoms with Crippen molar-refractivity contribution in [3.05, 3.63) is 24.3 Å². The number of carbonyl (C=O) groups is 2. The summed E-state index contributed by atoms with van der Waals surface area (Å²) in [7, 11) is 1.48. The molecule has 5 heteroatoms. The third-order valence-electron chi connectivity index (χ3n) is 2.27. The first kappa shape index (κ1) is 13.0. The van der Waals surface area contributed by atoms with Gasteiger partial charge in [-0.25, -0.2) is 0 Å². The van der Waals surface area contributed by atoms with E-state index in [0.717, 1.165) is 0 Å². The molecule has 0 saturated carbocycles. The molecule has 1 aromatic carbocycles. The smallest absolute Gasteiger partial charge is 0.323 e. The number of amides is 1. The molecule has 0 fully saturated rings. The Balaban J connectivity index is 3.11. The minimum absolute atomic E-state index is 0.241. The van der Waals surface area contributed by atoms with E-state index in [0.29, 0.717) is 11.4 Å². The number of hydrogen-bond donors (Lipinski definition) is 1. The molecule has 0 radical (unpaired) electrons. The van der Waals surface area contributed by atoms with E-state index < -0.39 is 5.97 Å². The van der Waals surface area contributed by atoms with Gasteiger partial charge in [0.05, 0.1) is 12.8 Å². The quantitative estimate of drug-likeness (QED) is 0.843. The third-order valence-corrected chi connectivity index (χ3v) is 2.27. The van der Waals surface area contributed by atoms with Crippen LogP contribution in [0.4, 0.5) is 5.69 Å². The molecule has 92 valence electrons. The maximum Gasteiger partial charge on any atom is 0.323 e. The summed E-state index contributed by atoms with van der Waals surface area (Å²) in [4.78, 5) is 23.7. The summed E-state index contributed by atoms with van der Waals surface area (Å²) in [6, 6.07) is 6.84. The number of aliphatic carboxylic acids is 1. The maximum absolute atomic E-state index is 11.7. The maximum atomic E-state index is 11.7. The molecule has 0 spiro atoms. The summed E-state index contributed by atoms with van der Waals surface area (Å²) in [5.74, 6) is -0.829. The van der Waals surface area contributed by atoms with Gasteiger partial charge in [0.15, 0.2) is 0 Å². The molecular formula is C12H15NO4. The van der Waals surface area contributed by atoms with E-state index in [1.807, 2.05) is 0 Å². The summed E-state index contributed by atoms with van der Waals surface area (Å²) in [6.45, 7) is 1.32. The van der Waals surface area contributed by atoms with Gasteiger partial charge in [0.1, 0.15) is 12.3 Å². The van der Waals surface area contributed by atoms with E-state index in [4.69, 9.17) is 9.84 Å². The van der Waals surface area contributed by atoms with E-state index in [1.165, 1.54) is 12.0 Å². The lowest BCUT2D eigenvalue weighted by molar-refractivity contribution is -0.136. The highest BCUT2D eigenvalue weighted by atomic mass is 16.5. The standard InChI is InChI=1S/C12H15NO4/c1-3-11(14)13(8-12(15)16)9-6-4-5-7-10(9)17-2/h4-7H,3,8H2,1-2H3,(H,15,16). The van der Waals surface area contributed by atoms with Crippen molar-refractivity contribution in [2.45, 2.75) is 13.3 Å². The van der Waals surface area contributed by atoms with Crippen molar-refractivity contribution >= 4 is 17.6 Å². The van der Waals surface area contributed by atoms with Gasteiger partial charge in [-0.3, -0.25) is 14.5 Å². The van der Waals surface area contributed by atoms with E-state index >= 15 is 0 Å². The van der Waals surface area contributed by atoms with E-state index in [-0.39, 0.29) is 18.9 Å². The average molecular weight is 237 g/mol. The van der Waals surface area contributed by atoms with Gasteiger partial charge in [-0.05, 0) is 12.1 Å². The summed E-state index contributed by atoms with van der Waals surface area (Å²) in [6.07, 6.45) is 0.241. The first-order valence-corrected chi connectivity index (χ1v) is 5.25. The molecule has 0 saturated heterocycles. The molecule has 0 heterocycles. The number of carboxylic acids is 1. The van der Waals surface area contributed by atoms with Crippen LogP contribution in [0, 0.1) is 0 Å². The second-order valence-electron chi connectivity index (χ2n) is 3.40. The molecule has 5 nitrogen and oxygen atoms in total. The molecule has 0 aromatic heterocycles. The predicted molar refractivity (Wildman–Crippen MR) is 63.3 cm³/mol. The minimum atomic E-state index is -1.06. The highest BCUT2D eigenvalue weighted by Crippen LogP contribution is 2.27. The lowest BCUT2D eigenvalue weighted by Crippen LogP contribution is -2.35. The van der Waals surface area contributed by atoms with E-state index in [9.17, 15) is 9.59 Å². The number of para-hydroxylation sites is 2. The zero-order valence-corrected chi connectivity index (χ0v) is 9.84. The van der Waals surface area contributed by atoms with Crippen LogP contribution in [0.1, 0.15) is 13.3 Å². The monoisotopic (exact) mass is 237 g/mol. The second-order valence-corrected chi connectivity index (χ2v) is 3.40. The number of nitrogens with zero attached hydrogens (tertiary/aromatic N) is 1. The first-order chi connectivity index (χ1) is 8.10. The number of rotatable bonds is 5. The van der Waals surface area contributed by atoms with Crippen LogP contribution in [0.5, 0.6) is 5.75 Å². The molecule has 0 unspecified atom stereocenters. The number of ether oxygens (including phenoxy) is 1. The summed E-state index contributed by atoms with van der Waals surface area (Å²) in [5.41, 5.74) is 0.476. The summed E-state index contributed by atoms with van der Waals surface area (Å²) in [5, 5.41) is 8.82. The molecule has 17 heavy (non-hydrogen) atoms. The van der Waals surface area contributed by atoms with Gasteiger partial charge in [0, 0.05) is 6.42 Å². The highest BCUT2D eigenvalue weighted by molar-refractivity contribution is 5.98. The number of methoxy groups -OCH3 is 1. The lowest BCUT2D eigenvalue weighted by atomic mass is 10.2. The normalized spacial score (nSPS) is 9.76. The van der Waals surface area contributed by atoms with Crippen LogP contribution < -0.4 is 9.64 Å². The number of anilines is 1. The number of carbonyl (C=O) groups excluding carboxylic acids is 1. The van der Waals surface area contributed by atoms with Crippen molar-refractivity contribution in [1.29, 1.82) is 0 Å². The Morgan fingerprint density at radius 3 is 2.53 bits per heavy atom. The number of hydrogen-bond acceptors (Lipinski definition) is 3. The van der Waals surface area contributed by atoms with Crippen molar-refractivity contribution < 1.29 is 19.4 Å². The highest BCUT2D eigenvalue weighted by Gasteiger charge is 2.20. The van der Waals surface area contributed by atoms with E-state index in [1.54, 1.807) is 31.2 Å². The summed E-state index contributed by atoms with van der Waals surface area (Å²) < 4.78 is 5.12. The lowest BCUT2D eigenvalue weighted by Gasteiger charge is -2.22. The molecule has 1 N–H and O–H groups in total. The molecule has 0 aliphatic rings. The Morgan fingerprint density at radius 2 is 2.00 bits per heavy atom. The van der Waals surface area contributed by atoms with Gasteiger partial charge in [-0.1, -0.05) is 19.1 Å². The van der Waals surface area contributed by atoms with Crippen LogP contribution in [-0.2, 0) is 9.59 Å². The van der Waals surface area contributed by atoms with Crippen molar-refractivity contribution in [2.24, 2.45) is 0 Å².